The highest BCUT2D eigenvalue weighted by atomic mass is 31.1. The van der Waals surface area contributed by atoms with Gasteiger partial charge >= 0.3 is 8.25 Å². The Morgan fingerprint density at radius 1 is 1.34 bits per heavy atom. The molecule has 1 saturated heterocycles. The summed E-state index contributed by atoms with van der Waals surface area (Å²) in [5.74, 6) is 0.689. The van der Waals surface area contributed by atoms with E-state index in [1.807, 2.05) is 0 Å². The number of imidazole rings is 1. The Labute approximate surface area is 187 Å². The largest absolute Gasteiger partial charge is 0.695 e. The van der Waals surface area contributed by atoms with Crippen LogP contribution in [0.15, 0.2) is 11.1 Å². The van der Waals surface area contributed by atoms with Crippen LogP contribution >= 0.6 is 8.25 Å². The van der Waals surface area contributed by atoms with Crippen molar-refractivity contribution in [3.05, 3.63) is 22.5 Å². The lowest BCUT2D eigenvalue weighted by Gasteiger charge is -2.40. The normalized spacial score (nSPS) is 26.7. The average Bonchev–Trinajstić information content (AvgIpc) is 3.39. The van der Waals surface area contributed by atoms with Crippen molar-refractivity contribution in [3.8, 4) is 0 Å². The fourth-order valence-electron chi connectivity index (χ4n) is 4.00. The number of aliphatic hydroxyl groups is 1. The molecule has 13 heteroatoms. The van der Waals surface area contributed by atoms with Gasteiger partial charge in [0.1, 0.15) is 18.0 Å². The van der Waals surface area contributed by atoms with Gasteiger partial charge in [-0.2, -0.15) is 0 Å². The highest BCUT2D eigenvalue weighted by Crippen LogP contribution is 2.44. The minimum absolute atomic E-state index is 0.157. The molecule has 176 valence electrons. The third-order valence-corrected chi connectivity index (χ3v) is 11.6. The zero-order valence-corrected chi connectivity index (χ0v) is 20.8. The highest BCUT2D eigenvalue weighted by Gasteiger charge is 2.54. The molecule has 0 aromatic carbocycles. The van der Waals surface area contributed by atoms with Crippen LogP contribution in [0, 0.1) is 0 Å². The second-order valence-electron chi connectivity index (χ2n) is 9.81. The second-order valence-corrected chi connectivity index (χ2v) is 15.3. The summed E-state index contributed by atoms with van der Waals surface area (Å²) in [5, 5.41) is 9.75. The summed E-state index contributed by atoms with van der Waals surface area (Å²) < 4.78 is 32.8. The number of hydrogen-bond acceptors (Lipinski definition) is 8. The van der Waals surface area contributed by atoms with Crippen LogP contribution in [-0.2, 0) is 31.2 Å². The van der Waals surface area contributed by atoms with E-state index in [9.17, 15) is 19.4 Å². The van der Waals surface area contributed by atoms with E-state index in [1.165, 1.54) is 6.33 Å². The van der Waals surface area contributed by atoms with Crippen LogP contribution < -0.4 is 5.56 Å². The van der Waals surface area contributed by atoms with E-state index in [0.717, 1.165) is 6.42 Å². The lowest BCUT2D eigenvalue weighted by molar-refractivity contribution is -0.0487. The Morgan fingerprint density at radius 3 is 2.69 bits per heavy atom. The molecule has 4 heterocycles. The number of ether oxygens (including phenoxy) is 1. The second kappa shape index (κ2) is 8.35. The maximum atomic E-state index is 12.9. The van der Waals surface area contributed by atoms with Crippen LogP contribution in [0.25, 0.3) is 11.2 Å². The Morgan fingerprint density at radius 2 is 2.06 bits per heavy atom. The lowest BCUT2D eigenvalue weighted by Crippen LogP contribution is -2.49. The van der Waals surface area contributed by atoms with Gasteiger partial charge in [0.2, 0.25) is 0 Å². The van der Waals surface area contributed by atoms with Crippen LogP contribution in [0.3, 0.4) is 0 Å². The van der Waals surface area contributed by atoms with E-state index >= 15 is 0 Å². The fraction of sp³-hybridized carbons (Fsp3) is 0.737. The number of fused-ring (bicyclic) bond motifs is 2. The predicted octanol–water partition coefficient (Wildman–Crippen LogP) is 1.85. The molecule has 4 rings (SSSR count). The zero-order valence-electron chi connectivity index (χ0n) is 18.9. The van der Waals surface area contributed by atoms with Crippen LogP contribution in [0.2, 0.25) is 18.1 Å². The Kier molecular flexibility index (Phi) is 6.17. The summed E-state index contributed by atoms with van der Waals surface area (Å²) in [6.45, 7) is 10.5. The molecule has 2 aromatic heterocycles. The van der Waals surface area contributed by atoms with Crippen molar-refractivity contribution >= 4 is 27.7 Å². The van der Waals surface area contributed by atoms with Gasteiger partial charge in [0, 0.05) is 17.5 Å². The summed E-state index contributed by atoms with van der Waals surface area (Å²) in [4.78, 5) is 31.3. The van der Waals surface area contributed by atoms with Crippen LogP contribution in [-0.4, -0.2) is 62.3 Å². The van der Waals surface area contributed by atoms with Crippen molar-refractivity contribution in [2.24, 2.45) is 0 Å². The number of nitrogens with zero attached hydrogens (tertiary/aromatic N) is 4. The zero-order chi connectivity index (χ0) is 23.4. The molecule has 2 aliphatic heterocycles. The molecule has 0 radical (unpaired) electrons. The molecule has 1 unspecified atom stereocenters. The van der Waals surface area contributed by atoms with Crippen molar-refractivity contribution in [3.63, 3.8) is 0 Å². The van der Waals surface area contributed by atoms with Crippen molar-refractivity contribution in [2.45, 2.75) is 82.8 Å². The molecule has 0 saturated carbocycles. The van der Waals surface area contributed by atoms with Gasteiger partial charge in [0.25, 0.3) is 5.56 Å². The van der Waals surface area contributed by atoms with Gasteiger partial charge in [0.05, 0.1) is 12.9 Å². The first kappa shape index (κ1) is 23.6. The first-order valence-electron chi connectivity index (χ1n) is 10.7. The van der Waals surface area contributed by atoms with Gasteiger partial charge in [-0.1, -0.05) is 20.8 Å². The smallest absolute Gasteiger partial charge is 0.406 e. The standard InChI is InChI=1S/C19H29N4O7PSi/c1-19(2,3)32(4,5)30-15-14(29-31(26)27)11(9-24)28-18(15)23-10-20-13-16(23)21-12-7-6-8-22(12)17(13)25/h10-11,14-15,18,24H,6-9H2,1-5H3/p+1/t11-,14-,15-,18-/m1/s1. The summed E-state index contributed by atoms with van der Waals surface area (Å²) in [7, 11) is -5.35. The van der Waals surface area contributed by atoms with Crippen LogP contribution in [0.4, 0.5) is 0 Å². The molecule has 0 spiro atoms. The van der Waals surface area contributed by atoms with Gasteiger partial charge in [-0.25, -0.2) is 9.97 Å². The monoisotopic (exact) mass is 485 g/mol. The molecule has 2 N–H and O–H groups in total. The van der Waals surface area contributed by atoms with E-state index in [2.05, 4.69) is 43.8 Å². The molecule has 1 fully saturated rings. The van der Waals surface area contributed by atoms with E-state index in [0.29, 0.717) is 24.4 Å². The summed E-state index contributed by atoms with van der Waals surface area (Å²) in [6, 6.07) is 0. The van der Waals surface area contributed by atoms with E-state index in [1.54, 1.807) is 9.13 Å². The maximum absolute atomic E-state index is 12.9. The number of rotatable bonds is 6. The molecule has 5 atom stereocenters. The van der Waals surface area contributed by atoms with E-state index in [4.69, 9.17) is 13.7 Å². The Bertz CT molecular complexity index is 1100. The van der Waals surface area contributed by atoms with Crippen molar-refractivity contribution in [2.75, 3.05) is 6.61 Å². The maximum Gasteiger partial charge on any atom is 0.695 e. The average molecular weight is 486 g/mol. The third-order valence-electron chi connectivity index (χ3n) is 6.73. The number of hydrogen-bond donors (Lipinski definition) is 2. The molecule has 0 aliphatic carbocycles. The van der Waals surface area contributed by atoms with Crippen molar-refractivity contribution in [1.29, 1.82) is 0 Å². The van der Waals surface area contributed by atoms with Crippen LogP contribution in [0.5, 0.6) is 0 Å². The van der Waals surface area contributed by atoms with E-state index < -0.39 is 47.7 Å². The highest BCUT2D eigenvalue weighted by molar-refractivity contribution is 7.32. The number of aromatic nitrogens is 4. The Hall–Kier alpha value is -1.53. The van der Waals surface area contributed by atoms with Gasteiger partial charge in [-0.05, 0) is 24.6 Å². The molecule has 11 nitrogen and oxygen atoms in total. The fourth-order valence-corrected chi connectivity index (χ4v) is 5.75. The van der Waals surface area contributed by atoms with Crippen LogP contribution in [0.1, 0.15) is 39.2 Å². The quantitative estimate of drug-likeness (QED) is 0.464. The topological polar surface area (TPSA) is 138 Å². The molecular formula is C19H30N4O7PSi+. The Balaban J connectivity index is 1.81. The first-order chi connectivity index (χ1) is 14.9. The summed E-state index contributed by atoms with van der Waals surface area (Å²) >= 11 is 0. The van der Waals surface area contributed by atoms with Gasteiger partial charge in [-0.3, -0.25) is 13.9 Å². The predicted molar refractivity (Wildman–Crippen MR) is 118 cm³/mol. The number of aryl methyl sites for hydroxylation is 1. The molecule has 2 aromatic rings. The third kappa shape index (κ3) is 3.98. The summed E-state index contributed by atoms with van der Waals surface area (Å²) in [6.07, 6.45) is -0.525. The SMILES string of the molecule is CC(C)(C)[Si](C)(C)O[C@@H]1[C@H](O[P+](=O)O)[C@@H](CO)O[C@H]1n1cnc2c(=O)n3c(nc21)CCC3. The van der Waals surface area contributed by atoms with Crippen molar-refractivity contribution in [1.82, 2.24) is 19.1 Å². The van der Waals surface area contributed by atoms with Crippen molar-refractivity contribution < 1.29 is 28.3 Å². The van der Waals surface area contributed by atoms with Gasteiger partial charge in [-0.15, -0.1) is 9.42 Å². The molecular weight excluding hydrogens is 455 g/mol. The van der Waals surface area contributed by atoms with Gasteiger partial charge < -0.3 is 14.3 Å². The molecule has 2 aliphatic rings. The first-order valence-corrected chi connectivity index (χ1v) is 14.7. The molecule has 0 amide bonds. The molecule has 32 heavy (non-hydrogen) atoms. The lowest BCUT2D eigenvalue weighted by atomic mass is 10.1. The van der Waals surface area contributed by atoms with E-state index in [-0.39, 0.29) is 16.1 Å². The minimum Gasteiger partial charge on any atom is -0.406 e. The van der Waals surface area contributed by atoms with Gasteiger partial charge in [0.15, 0.2) is 31.8 Å². The molecule has 0 bridgehead atoms. The summed E-state index contributed by atoms with van der Waals surface area (Å²) in [5.41, 5.74) is 0.386. The minimum atomic E-state index is -2.96. The number of aliphatic hydroxyl groups excluding tert-OH is 1.